The van der Waals surface area contributed by atoms with E-state index in [0.29, 0.717) is 10.6 Å². The second-order valence-corrected chi connectivity index (χ2v) is 7.57. The number of thiophene rings is 1. The standard InChI is InChI=1S/C17H24N4O3S/c18-15(23)13-5-10-25-16(13)19-14(22)11-20-8-3-12(4-9-20)17(24)21-6-1-2-7-21/h5,10,12H,1-4,6-9,11H2,(H2,18,23)(H,19,22). The SMILES string of the molecule is NC(=O)c1ccsc1NC(=O)CN1CCC(C(=O)N2CCCC2)CC1. The van der Waals surface area contributed by atoms with Crippen LogP contribution in [0, 0.1) is 5.92 Å². The van der Waals surface area contributed by atoms with Crippen LogP contribution in [-0.4, -0.2) is 60.2 Å². The van der Waals surface area contributed by atoms with Crippen molar-refractivity contribution in [2.75, 3.05) is 38.0 Å². The number of nitrogens with zero attached hydrogens (tertiary/aromatic N) is 2. The summed E-state index contributed by atoms with van der Waals surface area (Å²) in [6.07, 6.45) is 3.82. The molecule has 0 aliphatic carbocycles. The van der Waals surface area contributed by atoms with Crippen molar-refractivity contribution in [2.24, 2.45) is 11.7 Å². The lowest BCUT2D eigenvalue weighted by atomic mass is 9.95. The number of primary amides is 1. The summed E-state index contributed by atoms with van der Waals surface area (Å²) in [4.78, 5) is 40.0. The van der Waals surface area contributed by atoms with Crippen molar-refractivity contribution >= 4 is 34.1 Å². The highest BCUT2D eigenvalue weighted by Gasteiger charge is 2.30. The molecule has 0 aromatic carbocycles. The second-order valence-electron chi connectivity index (χ2n) is 6.66. The predicted molar refractivity (Wildman–Crippen MR) is 96.4 cm³/mol. The summed E-state index contributed by atoms with van der Waals surface area (Å²) in [6, 6.07) is 1.61. The molecule has 2 fully saturated rings. The van der Waals surface area contributed by atoms with E-state index < -0.39 is 5.91 Å². The zero-order chi connectivity index (χ0) is 17.8. The third-order valence-corrected chi connectivity index (χ3v) is 5.74. The highest BCUT2D eigenvalue weighted by atomic mass is 32.1. The summed E-state index contributed by atoms with van der Waals surface area (Å²) in [5.74, 6) is -0.325. The van der Waals surface area contributed by atoms with Gasteiger partial charge in [-0.1, -0.05) is 0 Å². The van der Waals surface area contributed by atoms with Crippen molar-refractivity contribution < 1.29 is 14.4 Å². The Hall–Kier alpha value is -1.93. The molecule has 0 saturated carbocycles. The Morgan fingerprint density at radius 3 is 2.48 bits per heavy atom. The fraction of sp³-hybridized carbons (Fsp3) is 0.588. The van der Waals surface area contributed by atoms with Crippen LogP contribution < -0.4 is 11.1 Å². The number of amides is 3. The highest BCUT2D eigenvalue weighted by Crippen LogP contribution is 2.24. The van der Waals surface area contributed by atoms with Crippen LogP contribution in [0.2, 0.25) is 0 Å². The van der Waals surface area contributed by atoms with E-state index in [9.17, 15) is 14.4 Å². The van der Waals surface area contributed by atoms with Crippen molar-refractivity contribution in [3.05, 3.63) is 17.0 Å². The molecule has 1 aromatic rings. The van der Waals surface area contributed by atoms with Gasteiger partial charge in [0.05, 0.1) is 12.1 Å². The first kappa shape index (κ1) is 17.9. The summed E-state index contributed by atoms with van der Waals surface area (Å²) < 4.78 is 0. The van der Waals surface area contributed by atoms with E-state index in [1.54, 1.807) is 11.4 Å². The van der Waals surface area contributed by atoms with Crippen LogP contribution in [0.1, 0.15) is 36.0 Å². The number of nitrogens with one attached hydrogen (secondary N) is 1. The van der Waals surface area contributed by atoms with E-state index in [2.05, 4.69) is 10.2 Å². The molecule has 1 aromatic heterocycles. The number of hydrogen-bond donors (Lipinski definition) is 2. The van der Waals surface area contributed by atoms with Gasteiger partial charge in [0.15, 0.2) is 0 Å². The van der Waals surface area contributed by atoms with E-state index in [1.807, 2.05) is 4.90 Å². The molecule has 8 heteroatoms. The molecule has 3 amide bonds. The molecular formula is C17H24N4O3S. The van der Waals surface area contributed by atoms with Gasteiger partial charge >= 0.3 is 0 Å². The van der Waals surface area contributed by atoms with Gasteiger partial charge in [-0.25, -0.2) is 0 Å². The maximum Gasteiger partial charge on any atom is 0.251 e. The molecule has 136 valence electrons. The van der Waals surface area contributed by atoms with Crippen LogP contribution >= 0.6 is 11.3 Å². The third kappa shape index (κ3) is 4.38. The van der Waals surface area contributed by atoms with Crippen LogP contribution in [0.15, 0.2) is 11.4 Å². The third-order valence-electron chi connectivity index (χ3n) is 4.91. The number of rotatable bonds is 5. The van der Waals surface area contributed by atoms with Crippen molar-refractivity contribution in [3.8, 4) is 0 Å². The Morgan fingerprint density at radius 1 is 1.16 bits per heavy atom. The molecule has 2 aliphatic rings. The normalized spacial score (nSPS) is 19.1. The molecule has 0 unspecified atom stereocenters. The van der Waals surface area contributed by atoms with Crippen LogP contribution in [0.4, 0.5) is 5.00 Å². The van der Waals surface area contributed by atoms with Gasteiger partial charge in [-0.2, -0.15) is 0 Å². The first-order chi connectivity index (χ1) is 12.0. The van der Waals surface area contributed by atoms with Gasteiger partial charge < -0.3 is 16.0 Å². The molecule has 3 heterocycles. The maximum absolute atomic E-state index is 12.4. The molecule has 0 radical (unpaired) electrons. The molecule has 7 nitrogen and oxygen atoms in total. The summed E-state index contributed by atoms with van der Waals surface area (Å²) >= 11 is 1.29. The van der Waals surface area contributed by atoms with Gasteiger partial charge in [-0.3, -0.25) is 19.3 Å². The molecule has 0 atom stereocenters. The molecule has 2 saturated heterocycles. The fourth-order valence-electron chi connectivity index (χ4n) is 3.50. The Bertz CT molecular complexity index is 646. The molecule has 3 N–H and O–H groups in total. The number of carbonyl (C=O) groups is 3. The average Bonchev–Trinajstić information content (AvgIpc) is 3.26. The van der Waals surface area contributed by atoms with Gasteiger partial charge in [-0.05, 0) is 50.2 Å². The van der Waals surface area contributed by atoms with Crippen molar-refractivity contribution in [3.63, 3.8) is 0 Å². The number of likely N-dealkylation sites (tertiary alicyclic amines) is 2. The Morgan fingerprint density at radius 2 is 1.84 bits per heavy atom. The van der Waals surface area contributed by atoms with Crippen molar-refractivity contribution in [2.45, 2.75) is 25.7 Å². The van der Waals surface area contributed by atoms with E-state index in [4.69, 9.17) is 5.73 Å². The lowest BCUT2D eigenvalue weighted by molar-refractivity contribution is -0.136. The molecule has 0 spiro atoms. The zero-order valence-electron chi connectivity index (χ0n) is 14.2. The summed E-state index contributed by atoms with van der Waals surface area (Å²) in [5.41, 5.74) is 5.63. The van der Waals surface area contributed by atoms with E-state index >= 15 is 0 Å². The topological polar surface area (TPSA) is 95.7 Å². The lowest BCUT2D eigenvalue weighted by Gasteiger charge is -2.32. The summed E-state index contributed by atoms with van der Waals surface area (Å²) in [5, 5.41) is 4.98. The van der Waals surface area contributed by atoms with E-state index in [-0.39, 0.29) is 24.3 Å². The molecule has 0 bridgehead atoms. The number of piperidine rings is 1. The largest absolute Gasteiger partial charge is 0.366 e. The number of anilines is 1. The number of hydrogen-bond acceptors (Lipinski definition) is 5. The summed E-state index contributed by atoms with van der Waals surface area (Å²) in [6.45, 7) is 3.53. The van der Waals surface area contributed by atoms with E-state index in [1.165, 1.54) is 11.3 Å². The van der Waals surface area contributed by atoms with Gasteiger partial charge in [0.25, 0.3) is 5.91 Å². The summed E-state index contributed by atoms with van der Waals surface area (Å²) in [7, 11) is 0. The van der Waals surface area contributed by atoms with Crippen LogP contribution in [0.3, 0.4) is 0 Å². The van der Waals surface area contributed by atoms with E-state index in [0.717, 1.165) is 51.9 Å². The van der Waals surface area contributed by atoms with Gasteiger partial charge in [0, 0.05) is 19.0 Å². The van der Waals surface area contributed by atoms with Gasteiger partial charge in [0.2, 0.25) is 11.8 Å². The van der Waals surface area contributed by atoms with Crippen molar-refractivity contribution in [1.82, 2.24) is 9.80 Å². The smallest absolute Gasteiger partial charge is 0.251 e. The molecular weight excluding hydrogens is 340 g/mol. The minimum absolute atomic E-state index is 0.0937. The van der Waals surface area contributed by atoms with Crippen LogP contribution in [0.25, 0.3) is 0 Å². The molecule has 25 heavy (non-hydrogen) atoms. The predicted octanol–water partition coefficient (Wildman–Crippen LogP) is 1.12. The first-order valence-electron chi connectivity index (χ1n) is 8.73. The average molecular weight is 364 g/mol. The maximum atomic E-state index is 12.4. The Balaban J connectivity index is 1.45. The first-order valence-corrected chi connectivity index (χ1v) is 9.61. The van der Waals surface area contributed by atoms with Crippen molar-refractivity contribution in [1.29, 1.82) is 0 Å². The fourth-order valence-corrected chi connectivity index (χ4v) is 4.31. The monoisotopic (exact) mass is 364 g/mol. The minimum atomic E-state index is -0.544. The highest BCUT2D eigenvalue weighted by molar-refractivity contribution is 7.14. The lowest BCUT2D eigenvalue weighted by Crippen LogP contribution is -2.43. The van der Waals surface area contributed by atoms with Crippen LogP contribution in [-0.2, 0) is 9.59 Å². The molecule has 2 aliphatic heterocycles. The zero-order valence-corrected chi connectivity index (χ0v) is 15.0. The number of carbonyl (C=O) groups excluding carboxylic acids is 3. The minimum Gasteiger partial charge on any atom is -0.366 e. The Kier molecular flexibility index (Phi) is 5.70. The Labute approximate surface area is 151 Å². The molecule has 3 rings (SSSR count). The van der Waals surface area contributed by atoms with Gasteiger partial charge in [-0.15, -0.1) is 11.3 Å². The number of nitrogens with two attached hydrogens (primary N) is 1. The van der Waals surface area contributed by atoms with Crippen LogP contribution in [0.5, 0.6) is 0 Å². The second kappa shape index (κ2) is 7.97. The van der Waals surface area contributed by atoms with Gasteiger partial charge in [0.1, 0.15) is 5.00 Å². The quantitative estimate of drug-likeness (QED) is 0.818.